The van der Waals surface area contributed by atoms with Gasteiger partial charge in [-0.15, -0.1) is 0 Å². The van der Waals surface area contributed by atoms with E-state index in [4.69, 9.17) is 4.99 Å². The molecule has 0 bridgehead atoms. The molecule has 1 aromatic rings. The van der Waals surface area contributed by atoms with E-state index in [0.29, 0.717) is 11.6 Å². The molecule has 3 nitrogen and oxygen atoms in total. The van der Waals surface area contributed by atoms with Crippen LogP contribution in [0.5, 0.6) is 0 Å². The van der Waals surface area contributed by atoms with E-state index in [1.807, 2.05) is 23.9 Å². The molecule has 1 heterocycles. The monoisotopic (exact) mass is 370 g/mol. The summed E-state index contributed by atoms with van der Waals surface area (Å²) in [6, 6.07) is 6.71. The number of thioether (sulfide) groups is 1. The Kier molecular flexibility index (Phi) is 5.13. The van der Waals surface area contributed by atoms with Gasteiger partial charge in [0.15, 0.2) is 11.0 Å². The lowest BCUT2D eigenvalue weighted by Gasteiger charge is -2.40. The number of hydrogen-bond acceptors (Lipinski definition) is 3. The van der Waals surface area contributed by atoms with Gasteiger partial charge in [-0.3, -0.25) is 4.79 Å². The van der Waals surface area contributed by atoms with Gasteiger partial charge in [-0.1, -0.05) is 44.4 Å². The summed E-state index contributed by atoms with van der Waals surface area (Å²) in [4.78, 5) is 19.6. The number of amidine groups is 1. The van der Waals surface area contributed by atoms with Gasteiger partial charge in [0.25, 0.3) is 0 Å². The highest BCUT2D eigenvalue weighted by atomic mass is 32.2. The summed E-state index contributed by atoms with van der Waals surface area (Å²) in [5.74, 6) is 1.33. The van der Waals surface area contributed by atoms with Gasteiger partial charge in [0.1, 0.15) is 0 Å². The quantitative estimate of drug-likeness (QED) is 0.633. The van der Waals surface area contributed by atoms with Gasteiger partial charge in [-0.05, 0) is 62.8 Å². The van der Waals surface area contributed by atoms with Crippen LogP contribution in [-0.2, 0) is 6.42 Å². The zero-order valence-electron chi connectivity index (χ0n) is 16.1. The highest BCUT2D eigenvalue weighted by molar-refractivity contribution is 8.14. The summed E-state index contributed by atoms with van der Waals surface area (Å²) in [7, 11) is 0. The summed E-state index contributed by atoms with van der Waals surface area (Å²) in [5.41, 5.74) is 3.40. The van der Waals surface area contributed by atoms with Crippen molar-refractivity contribution in [3.63, 3.8) is 0 Å². The van der Waals surface area contributed by atoms with Crippen LogP contribution in [0.15, 0.2) is 23.2 Å². The highest BCUT2D eigenvalue weighted by Gasteiger charge is 2.49. The maximum Gasteiger partial charge on any atom is 0.165 e. The van der Waals surface area contributed by atoms with Gasteiger partial charge < -0.3 is 4.90 Å². The molecule has 0 amide bonds. The van der Waals surface area contributed by atoms with Crippen molar-refractivity contribution >= 4 is 28.4 Å². The second-order valence-corrected chi connectivity index (χ2v) is 9.12. The average Bonchev–Trinajstić information content (AvgIpc) is 3.38. The topological polar surface area (TPSA) is 32.7 Å². The molecule has 1 aliphatic heterocycles. The van der Waals surface area contributed by atoms with Crippen molar-refractivity contribution in [3.05, 3.63) is 29.3 Å². The van der Waals surface area contributed by atoms with Crippen molar-refractivity contribution in [1.82, 2.24) is 4.90 Å². The molecule has 0 unspecified atom stereocenters. The van der Waals surface area contributed by atoms with Crippen LogP contribution < -0.4 is 0 Å². The lowest BCUT2D eigenvalue weighted by atomic mass is 9.95. The fourth-order valence-corrected chi connectivity index (χ4v) is 6.52. The number of ketones is 1. The molecular weight excluding hydrogens is 340 g/mol. The predicted molar refractivity (Wildman–Crippen MR) is 111 cm³/mol. The molecule has 3 fully saturated rings. The Morgan fingerprint density at radius 1 is 1.23 bits per heavy atom. The molecule has 140 valence electrons. The Balaban J connectivity index is 1.70. The number of hydrogen-bond donors (Lipinski definition) is 0. The highest BCUT2D eigenvalue weighted by Crippen LogP contribution is 2.48. The van der Waals surface area contributed by atoms with Crippen molar-refractivity contribution in [3.8, 4) is 0 Å². The average molecular weight is 371 g/mol. The number of nitrogens with zero attached hydrogens (tertiary/aromatic N) is 2. The number of carbonyl (C=O) groups excluding carboxylic acids is 1. The van der Waals surface area contributed by atoms with E-state index in [1.54, 1.807) is 6.92 Å². The van der Waals surface area contributed by atoms with Gasteiger partial charge in [-0.2, -0.15) is 0 Å². The molecular formula is C22H30N2OS. The first-order valence-electron chi connectivity index (χ1n) is 10.3. The van der Waals surface area contributed by atoms with Crippen LogP contribution in [0.2, 0.25) is 0 Å². The molecule has 0 N–H and O–H groups in total. The van der Waals surface area contributed by atoms with E-state index in [1.165, 1.54) is 67.9 Å². The van der Waals surface area contributed by atoms with Crippen molar-refractivity contribution in [2.75, 3.05) is 5.75 Å². The minimum atomic E-state index is 0.131. The van der Waals surface area contributed by atoms with E-state index in [2.05, 4.69) is 17.9 Å². The Labute approximate surface area is 161 Å². The molecule has 1 spiro atoms. The normalized spacial score (nSPS) is 24.2. The van der Waals surface area contributed by atoms with E-state index in [-0.39, 0.29) is 5.78 Å². The molecule has 2 aliphatic carbocycles. The molecule has 4 heteroatoms. The van der Waals surface area contributed by atoms with Crippen molar-refractivity contribution in [1.29, 1.82) is 0 Å². The minimum absolute atomic E-state index is 0.131. The maximum absolute atomic E-state index is 11.7. The summed E-state index contributed by atoms with van der Waals surface area (Å²) < 4.78 is 0. The minimum Gasteiger partial charge on any atom is -0.342 e. The molecule has 0 radical (unpaired) electrons. The molecule has 2 saturated carbocycles. The number of carbonyl (C=O) groups is 1. The second-order valence-electron chi connectivity index (χ2n) is 8.18. The molecule has 1 saturated heterocycles. The third-order valence-corrected chi connectivity index (χ3v) is 7.72. The number of aliphatic imine (C=N–C) groups is 1. The van der Waals surface area contributed by atoms with Gasteiger partial charge >= 0.3 is 0 Å². The standard InChI is InChI=1S/C22H30N2OS/c1-3-17-14-18(16(2)25)10-11-20(17)23-21-24(19-8-4-5-9-19)22(15-26-21)12-6-7-13-22/h10-11,14,19H,3-9,12-13,15H2,1-2H3/b23-21+. The van der Waals surface area contributed by atoms with Crippen molar-refractivity contribution in [2.45, 2.75) is 83.2 Å². The first-order chi connectivity index (χ1) is 12.6. The molecule has 1 aromatic carbocycles. The zero-order chi connectivity index (χ0) is 18.1. The smallest absolute Gasteiger partial charge is 0.165 e. The van der Waals surface area contributed by atoms with Gasteiger partial charge in [0, 0.05) is 17.4 Å². The van der Waals surface area contributed by atoms with Crippen molar-refractivity contribution in [2.24, 2.45) is 4.99 Å². The Hall–Kier alpha value is -1.29. The summed E-state index contributed by atoms with van der Waals surface area (Å²) in [5, 5.41) is 1.24. The van der Waals surface area contributed by atoms with E-state index in [0.717, 1.165) is 17.7 Å². The zero-order valence-corrected chi connectivity index (χ0v) is 16.9. The van der Waals surface area contributed by atoms with Crippen LogP contribution in [0.3, 0.4) is 0 Å². The Morgan fingerprint density at radius 2 is 1.96 bits per heavy atom. The van der Waals surface area contributed by atoms with E-state index < -0.39 is 0 Å². The van der Waals surface area contributed by atoms with Gasteiger partial charge in [0.05, 0.1) is 11.2 Å². The third kappa shape index (κ3) is 3.21. The summed E-state index contributed by atoms with van der Waals surface area (Å²) in [6.07, 6.45) is 11.7. The van der Waals surface area contributed by atoms with Gasteiger partial charge in [0.2, 0.25) is 0 Å². The Bertz CT molecular complexity index is 715. The molecule has 0 aromatic heterocycles. The molecule has 26 heavy (non-hydrogen) atoms. The fourth-order valence-electron chi connectivity index (χ4n) is 5.05. The molecule has 4 rings (SSSR count). The van der Waals surface area contributed by atoms with Crippen LogP contribution in [-0.4, -0.2) is 33.2 Å². The van der Waals surface area contributed by atoms with Crippen LogP contribution >= 0.6 is 11.8 Å². The largest absolute Gasteiger partial charge is 0.342 e. The number of Topliss-reactive ketones (excluding diaryl/α,β-unsaturated/α-hetero) is 1. The maximum atomic E-state index is 11.7. The Morgan fingerprint density at radius 3 is 2.62 bits per heavy atom. The van der Waals surface area contributed by atoms with Crippen LogP contribution in [0.25, 0.3) is 0 Å². The van der Waals surface area contributed by atoms with Crippen LogP contribution in [0.1, 0.15) is 81.1 Å². The fraction of sp³-hybridized carbons (Fsp3) is 0.636. The van der Waals surface area contributed by atoms with Crippen LogP contribution in [0.4, 0.5) is 5.69 Å². The van der Waals surface area contributed by atoms with Crippen LogP contribution in [0, 0.1) is 0 Å². The number of benzene rings is 1. The van der Waals surface area contributed by atoms with Crippen molar-refractivity contribution < 1.29 is 4.79 Å². The van der Waals surface area contributed by atoms with E-state index in [9.17, 15) is 4.79 Å². The van der Waals surface area contributed by atoms with Gasteiger partial charge in [-0.25, -0.2) is 4.99 Å². The first-order valence-corrected chi connectivity index (χ1v) is 11.3. The SMILES string of the molecule is CCc1cc(C(C)=O)ccc1/N=C1/SCC2(CCCC2)N1C1CCCC1. The molecule has 0 atom stereocenters. The number of rotatable bonds is 4. The lowest BCUT2D eigenvalue weighted by molar-refractivity contribution is 0.101. The number of aryl methyl sites for hydroxylation is 1. The summed E-state index contributed by atoms with van der Waals surface area (Å²) >= 11 is 1.97. The second kappa shape index (κ2) is 7.38. The summed E-state index contributed by atoms with van der Waals surface area (Å²) in [6.45, 7) is 3.79. The third-order valence-electron chi connectivity index (χ3n) is 6.49. The molecule has 3 aliphatic rings. The first kappa shape index (κ1) is 18.1. The predicted octanol–water partition coefficient (Wildman–Crippen LogP) is 5.74. The lowest BCUT2D eigenvalue weighted by Crippen LogP contribution is -2.50. The van der Waals surface area contributed by atoms with E-state index >= 15 is 0 Å².